The van der Waals surface area contributed by atoms with Gasteiger partial charge < -0.3 is 10.2 Å². The standard InChI is InChI=1S/C23H28N2S/c26-23(24-22-16-20-11-12-21(22)15-20)25(17-19-9-5-2-6-10-19)14-13-18-7-3-1-4-8-18/h1-10,20-22H,11-17H2,(H,24,26). The SMILES string of the molecule is S=C(NC1CC2CCC1C2)N(CCc1ccccc1)Cc1ccccc1. The normalized spacial score (nSPS) is 23.8. The Kier molecular flexibility index (Phi) is 5.54. The van der Waals surface area contributed by atoms with Gasteiger partial charge in [-0.15, -0.1) is 0 Å². The van der Waals surface area contributed by atoms with Crippen molar-refractivity contribution in [2.75, 3.05) is 6.54 Å². The van der Waals surface area contributed by atoms with Crippen LogP contribution in [-0.2, 0) is 13.0 Å². The summed E-state index contributed by atoms with van der Waals surface area (Å²) in [5.74, 6) is 1.78. The van der Waals surface area contributed by atoms with Crippen LogP contribution in [-0.4, -0.2) is 22.6 Å². The van der Waals surface area contributed by atoms with Crippen LogP contribution in [0, 0.1) is 11.8 Å². The van der Waals surface area contributed by atoms with E-state index in [4.69, 9.17) is 12.2 Å². The van der Waals surface area contributed by atoms with Crippen molar-refractivity contribution in [3.63, 3.8) is 0 Å². The highest BCUT2D eigenvalue weighted by molar-refractivity contribution is 7.80. The molecule has 2 nitrogen and oxygen atoms in total. The predicted octanol–water partition coefficient (Wildman–Crippen LogP) is 4.79. The molecule has 2 fully saturated rings. The third-order valence-corrected chi connectivity index (χ3v) is 6.44. The second-order valence-electron chi connectivity index (χ2n) is 7.87. The van der Waals surface area contributed by atoms with Gasteiger partial charge >= 0.3 is 0 Å². The van der Waals surface area contributed by atoms with Crippen LogP contribution in [0.3, 0.4) is 0 Å². The third kappa shape index (κ3) is 4.27. The molecule has 3 atom stereocenters. The van der Waals surface area contributed by atoms with Crippen LogP contribution in [0.2, 0.25) is 0 Å². The minimum absolute atomic E-state index is 0.594. The summed E-state index contributed by atoms with van der Waals surface area (Å²) < 4.78 is 0. The molecule has 0 aliphatic heterocycles. The molecule has 4 rings (SSSR count). The summed E-state index contributed by atoms with van der Waals surface area (Å²) in [6.07, 6.45) is 6.54. The van der Waals surface area contributed by atoms with Gasteiger partial charge in [-0.3, -0.25) is 0 Å². The molecule has 3 unspecified atom stereocenters. The summed E-state index contributed by atoms with van der Waals surface area (Å²) in [6.45, 7) is 1.83. The van der Waals surface area contributed by atoms with Crippen molar-refractivity contribution < 1.29 is 0 Å². The maximum absolute atomic E-state index is 5.86. The Morgan fingerprint density at radius 3 is 2.23 bits per heavy atom. The molecule has 0 amide bonds. The quantitative estimate of drug-likeness (QED) is 0.742. The Balaban J connectivity index is 1.41. The second-order valence-corrected chi connectivity index (χ2v) is 8.26. The number of thiocarbonyl (C=S) groups is 1. The van der Waals surface area contributed by atoms with E-state index in [9.17, 15) is 0 Å². The van der Waals surface area contributed by atoms with Gasteiger partial charge in [-0.25, -0.2) is 0 Å². The Bertz CT molecular complexity index is 716. The van der Waals surface area contributed by atoms with E-state index in [0.717, 1.165) is 36.5 Å². The minimum Gasteiger partial charge on any atom is -0.360 e. The lowest BCUT2D eigenvalue weighted by Gasteiger charge is -2.31. The second kappa shape index (κ2) is 8.22. The first kappa shape index (κ1) is 17.5. The van der Waals surface area contributed by atoms with Crippen molar-refractivity contribution in [2.45, 2.75) is 44.7 Å². The van der Waals surface area contributed by atoms with Gasteiger partial charge in [0.15, 0.2) is 5.11 Å². The number of rotatable bonds is 6. The molecule has 0 radical (unpaired) electrons. The fourth-order valence-electron chi connectivity index (χ4n) is 4.64. The fourth-order valence-corrected chi connectivity index (χ4v) is 4.94. The van der Waals surface area contributed by atoms with E-state index in [1.165, 1.54) is 36.8 Å². The van der Waals surface area contributed by atoms with Crippen LogP contribution in [0.4, 0.5) is 0 Å². The summed E-state index contributed by atoms with van der Waals surface area (Å²) in [6, 6.07) is 22.0. The molecular weight excluding hydrogens is 336 g/mol. The molecule has 2 bridgehead atoms. The van der Waals surface area contributed by atoms with Crippen LogP contribution < -0.4 is 5.32 Å². The first-order valence-electron chi connectivity index (χ1n) is 9.91. The maximum Gasteiger partial charge on any atom is 0.169 e. The van der Waals surface area contributed by atoms with Crippen LogP contribution in [0.15, 0.2) is 60.7 Å². The van der Waals surface area contributed by atoms with Gasteiger partial charge in [-0.2, -0.15) is 0 Å². The zero-order chi connectivity index (χ0) is 17.8. The molecule has 2 aliphatic rings. The van der Waals surface area contributed by atoms with Crippen molar-refractivity contribution in [1.29, 1.82) is 0 Å². The Morgan fingerprint density at radius 1 is 0.923 bits per heavy atom. The van der Waals surface area contributed by atoms with Gasteiger partial charge in [-0.05, 0) is 60.9 Å². The number of nitrogens with zero attached hydrogens (tertiary/aromatic N) is 1. The van der Waals surface area contributed by atoms with Crippen molar-refractivity contribution in [2.24, 2.45) is 11.8 Å². The Labute approximate surface area is 162 Å². The van der Waals surface area contributed by atoms with E-state index in [-0.39, 0.29) is 0 Å². The van der Waals surface area contributed by atoms with E-state index >= 15 is 0 Å². The van der Waals surface area contributed by atoms with Crippen LogP contribution in [0.1, 0.15) is 36.8 Å². The topological polar surface area (TPSA) is 15.3 Å². The molecule has 136 valence electrons. The highest BCUT2D eigenvalue weighted by atomic mass is 32.1. The van der Waals surface area contributed by atoms with E-state index in [0.29, 0.717) is 6.04 Å². The van der Waals surface area contributed by atoms with Crippen molar-refractivity contribution in [3.8, 4) is 0 Å². The summed E-state index contributed by atoms with van der Waals surface area (Å²) in [7, 11) is 0. The lowest BCUT2D eigenvalue weighted by molar-refractivity contribution is 0.356. The molecular formula is C23H28N2S. The van der Waals surface area contributed by atoms with Crippen molar-refractivity contribution >= 4 is 17.3 Å². The van der Waals surface area contributed by atoms with Crippen LogP contribution >= 0.6 is 12.2 Å². The Morgan fingerprint density at radius 2 is 1.62 bits per heavy atom. The largest absolute Gasteiger partial charge is 0.360 e. The smallest absolute Gasteiger partial charge is 0.169 e. The Hall–Kier alpha value is -1.87. The van der Waals surface area contributed by atoms with E-state index in [1.54, 1.807) is 0 Å². The zero-order valence-corrected chi connectivity index (χ0v) is 16.1. The first-order valence-corrected chi connectivity index (χ1v) is 10.3. The lowest BCUT2D eigenvalue weighted by atomic mass is 9.95. The molecule has 2 aromatic rings. The van der Waals surface area contributed by atoms with E-state index in [1.807, 2.05) is 0 Å². The molecule has 0 saturated heterocycles. The lowest BCUT2D eigenvalue weighted by Crippen LogP contribution is -2.46. The summed E-state index contributed by atoms with van der Waals surface area (Å²) in [5, 5.41) is 4.66. The number of hydrogen-bond acceptors (Lipinski definition) is 1. The van der Waals surface area contributed by atoms with Gasteiger partial charge in [0.05, 0.1) is 0 Å². The molecule has 26 heavy (non-hydrogen) atoms. The molecule has 1 N–H and O–H groups in total. The van der Waals surface area contributed by atoms with Gasteiger partial charge in [0.2, 0.25) is 0 Å². The van der Waals surface area contributed by atoms with Crippen molar-refractivity contribution in [3.05, 3.63) is 71.8 Å². The molecule has 3 heteroatoms. The number of hydrogen-bond donors (Lipinski definition) is 1. The highest BCUT2D eigenvalue weighted by Gasteiger charge is 2.40. The number of fused-ring (bicyclic) bond motifs is 2. The third-order valence-electron chi connectivity index (χ3n) is 6.06. The highest BCUT2D eigenvalue weighted by Crippen LogP contribution is 2.44. The fraction of sp³-hybridized carbons (Fsp3) is 0.435. The average Bonchev–Trinajstić information content (AvgIpc) is 3.30. The van der Waals surface area contributed by atoms with E-state index < -0.39 is 0 Å². The average molecular weight is 365 g/mol. The zero-order valence-electron chi connectivity index (χ0n) is 15.3. The molecule has 0 spiro atoms. The minimum atomic E-state index is 0.594. The summed E-state index contributed by atoms with van der Waals surface area (Å²) >= 11 is 5.86. The number of benzene rings is 2. The van der Waals surface area contributed by atoms with Gasteiger partial charge in [0, 0.05) is 19.1 Å². The van der Waals surface area contributed by atoms with Gasteiger partial charge in [0.25, 0.3) is 0 Å². The molecule has 2 aromatic carbocycles. The predicted molar refractivity (Wildman–Crippen MR) is 112 cm³/mol. The van der Waals surface area contributed by atoms with Crippen molar-refractivity contribution in [1.82, 2.24) is 10.2 Å². The summed E-state index contributed by atoms with van der Waals surface area (Å²) in [4.78, 5) is 2.35. The van der Waals surface area contributed by atoms with Gasteiger partial charge in [-0.1, -0.05) is 67.1 Å². The first-order chi connectivity index (χ1) is 12.8. The van der Waals surface area contributed by atoms with E-state index in [2.05, 4.69) is 70.9 Å². The number of nitrogens with one attached hydrogen (secondary N) is 1. The molecule has 0 heterocycles. The maximum atomic E-state index is 5.86. The molecule has 0 aromatic heterocycles. The monoisotopic (exact) mass is 364 g/mol. The van der Waals surface area contributed by atoms with Gasteiger partial charge in [0.1, 0.15) is 0 Å². The summed E-state index contributed by atoms with van der Waals surface area (Å²) in [5.41, 5.74) is 2.69. The molecule has 2 saturated carbocycles. The molecule has 2 aliphatic carbocycles. The van der Waals surface area contributed by atoms with Crippen LogP contribution in [0.5, 0.6) is 0 Å². The van der Waals surface area contributed by atoms with Crippen LogP contribution in [0.25, 0.3) is 0 Å².